The normalized spacial score (nSPS) is 10.1. The predicted molar refractivity (Wildman–Crippen MR) is 55.3 cm³/mol. The molecule has 1 rings (SSSR count). The standard InChI is InChI=1S/C11H12FNO3/c12-11-7(4-5-10(15)16)2-1-3-8(11)6-9(13)14/h1-3H,4-6H2,(H2,13,14)(H,15,16). The number of benzene rings is 1. The van der Waals surface area contributed by atoms with E-state index in [2.05, 4.69) is 0 Å². The third kappa shape index (κ3) is 3.34. The fourth-order valence-electron chi connectivity index (χ4n) is 1.39. The average Bonchev–Trinajstić information content (AvgIpc) is 2.18. The van der Waals surface area contributed by atoms with Crippen LogP contribution < -0.4 is 5.73 Å². The molecule has 0 unspecified atom stereocenters. The van der Waals surface area contributed by atoms with E-state index in [9.17, 15) is 14.0 Å². The number of halogens is 1. The zero-order valence-electron chi connectivity index (χ0n) is 8.57. The molecule has 0 radical (unpaired) electrons. The number of carboxylic acid groups (broad SMARTS) is 1. The van der Waals surface area contributed by atoms with E-state index in [1.165, 1.54) is 12.1 Å². The minimum atomic E-state index is -0.986. The van der Waals surface area contributed by atoms with Crippen LogP contribution in [0.4, 0.5) is 4.39 Å². The van der Waals surface area contributed by atoms with E-state index in [0.717, 1.165) is 0 Å². The highest BCUT2D eigenvalue weighted by molar-refractivity contribution is 5.76. The smallest absolute Gasteiger partial charge is 0.303 e. The zero-order chi connectivity index (χ0) is 12.1. The first-order chi connectivity index (χ1) is 7.50. The first-order valence-electron chi connectivity index (χ1n) is 4.77. The van der Waals surface area contributed by atoms with Gasteiger partial charge in [-0.25, -0.2) is 4.39 Å². The lowest BCUT2D eigenvalue weighted by Crippen LogP contribution is -2.15. The molecule has 0 saturated carbocycles. The number of nitrogens with two attached hydrogens (primary N) is 1. The molecule has 0 saturated heterocycles. The van der Waals surface area contributed by atoms with Crippen LogP contribution in [0.5, 0.6) is 0 Å². The Bertz CT molecular complexity index is 418. The van der Waals surface area contributed by atoms with E-state index >= 15 is 0 Å². The summed E-state index contributed by atoms with van der Waals surface area (Å²) in [4.78, 5) is 21.0. The van der Waals surface area contributed by atoms with E-state index < -0.39 is 17.7 Å². The van der Waals surface area contributed by atoms with Crippen molar-refractivity contribution in [3.8, 4) is 0 Å². The summed E-state index contributed by atoms with van der Waals surface area (Å²) in [6.45, 7) is 0. The summed E-state index contributed by atoms with van der Waals surface area (Å²) in [7, 11) is 0. The fraction of sp³-hybridized carbons (Fsp3) is 0.273. The van der Waals surface area contributed by atoms with Gasteiger partial charge in [-0.3, -0.25) is 9.59 Å². The molecule has 0 aliphatic heterocycles. The van der Waals surface area contributed by atoms with Crippen LogP contribution in [-0.4, -0.2) is 17.0 Å². The summed E-state index contributed by atoms with van der Waals surface area (Å²) in [6, 6.07) is 4.55. The average molecular weight is 225 g/mol. The Kier molecular flexibility index (Phi) is 3.99. The van der Waals surface area contributed by atoms with Gasteiger partial charge in [-0.1, -0.05) is 18.2 Å². The number of carbonyl (C=O) groups excluding carboxylic acids is 1. The largest absolute Gasteiger partial charge is 0.481 e. The van der Waals surface area contributed by atoms with Gasteiger partial charge < -0.3 is 10.8 Å². The van der Waals surface area contributed by atoms with Crippen LogP contribution in [0.1, 0.15) is 17.5 Å². The lowest BCUT2D eigenvalue weighted by atomic mass is 10.0. The predicted octanol–water partition coefficient (Wildman–Crippen LogP) is 0.871. The van der Waals surface area contributed by atoms with Crippen LogP contribution in [0.25, 0.3) is 0 Å². The molecular formula is C11H12FNO3. The minimum Gasteiger partial charge on any atom is -0.481 e. The highest BCUT2D eigenvalue weighted by Crippen LogP contribution is 2.15. The second-order valence-corrected chi connectivity index (χ2v) is 3.43. The summed E-state index contributed by atoms with van der Waals surface area (Å²) in [6.07, 6.45) is -0.211. The molecule has 4 nitrogen and oxygen atoms in total. The van der Waals surface area contributed by atoms with Gasteiger partial charge in [-0.05, 0) is 17.5 Å². The fourth-order valence-corrected chi connectivity index (χ4v) is 1.39. The second kappa shape index (κ2) is 5.25. The molecule has 86 valence electrons. The Labute approximate surface area is 91.9 Å². The Hall–Kier alpha value is -1.91. The number of rotatable bonds is 5. The number of aliphatic carboxylic acids is 1. The molecule has 1 amide bonds. The first-order valence-corrected chi connectivity index (χ1v) is 4.77. The lowest BCUT2D eigenvalue weighted by Gasteiger charge is -2.05. The molecule has 1 aromatic carbocycles. The maximum Gasteiger partial charge on any atom is 0.303 e. The number of primary amides is 1. The van der Waals surface area contributed by atoms with Crippen LogP contribution in [0.15, 0.2) is 18.2 Å². The van der Waals surface area contributed by atoms with Crippen LogP contribution in [0.2, 0.25) is 0 Å². The summed E-state index contributed by atoms with van der Waals surface area (Å²) >= 11 is 0. The molecule has 16 heavy (non-hydrogen) atoms. The number of amides is 1. The molecule has 0 aliphatic carbocycles. The van der Waals surface area contributed by atoms with Crippen LogP contribution >= 0.6 is 0 Å². The Morgan fingerprint density at radius 2 is 1.94 bits per heavy atom. The molecular weight excluding hydrogens is 213 g/mol. The van der Waals surface area contributed by atoms with Gasteiger partial charge in [0, 0.05) is 6.42 Å². The van der Waals surface area contributed by atoms with E-state index in [0.29, 0.717) is 5.56 Å². The molecule has 0 atom stereocenters. The number of carbonyl (C=O) groups is 2. The molecule has 5 heteroatoms. The van der Waals surface area contributed by atoms with Gasteiger partial charge >= 0.3 is 5.97 Å². The molecule has 0 aromatic heterocycles. The van der Waals surface area contributed by atoms with E-state index in [-0.39, 0.29) is 24.8 Å². The van der Waals surface area contributed by atoms with Crippen molar-refractivity contribution in [2.75, 3.05) is 0 Å². The minimum absolute atomic E-state index is 0.105. The summed E-state index contributed by atoms with van der Waals surface area (Å²) in [5, 5.41) is 8.48. The van der Waals surface area contributed by atoms with E-state index in [1.807, 2.05) is 0 Å². The van der Waals surface area contributed by atoms with Crippen molar-refractivity contribution < 1.29 is 19.1 Å². The topological polar surface area (TPSA) is 80.4 Å². The van der Waals surface area contributed by atoms with Gasteiger partial charge in [0.25, 0.3) is 0 Å². The summed E-state index contributed by atoms with van der Waals surface area (Å²) < 4.78 is 13.7. The Morgan fingerprint density at radius 1 is 1.31 bits per heavy atom. The third-order valence-electron chi connectivity index (χ3n) is 2.13. The molecule has 0 spiro atoms. The number of aryl methyl sites for hydroxylation is 1. The van der Waals surface area contributed by atoms with Gasteiger partial charge in [0.05, 0.1) is 6.42 Å². The molecule has 0 heterocycles. The van der Waals surface area contributed by atoms with Gasteiger partial charge in [-0.2, -0.15) is 0 Å². The van der Waals surface area contributed by atoms with Crippen molar-refractivity contribution in [3.05, 3.63) is 35.1 Å². The Morgan fingerprint density at radius 3 is 2.50 bits per heavy atom. The monoisotopic (exact) mass is 225 g/mol. The Balaban J connectivity index is 2.85. The number of hydrogen-bond acceptors (Lipinski definition) is 2. The van der Waals surface area contributed by atoms with Gasteiger partial charge in [0.1, 0.15) is 5.82 Å². The lowest BCUT2D eigenvalue weighted by molar-refractivity contribution is -0.137. The van der Waals surface area contributed by atoms with Crippen molar-refractivity contribution in [2.24, 2.45) is 5.73 Å². The second-order valence-electron chi connectivity index (χ2n) is 3.43. The molecule has 0 aliphatic rings. The van der Waals surface area contributed by atoms with Gasteiger partial charge in [0.2, 0.25) is 5.91 Å². The first kappa shape index (κ1) is 12.2. The zero-order valence-corrected chi connectivity index (χ0v) is 8.57. The number of hydrogen-bond donors (Lipinski definition) is 2. The SMILES string of the molecule is NC(=O)Cc1cccc(CCC(=O)O)c1F. The maximum absolute atomic E-state index is 13.7. The molecule has 0 fully saturated rings. The van der Waals surface area contributed by atoms with Gasteiger partial charge in [0.15, 0.2) is 0 Å². The quantitative estimate of drug-likeness (QED) is 0.780. The van der Waals surface area contributed by atoms with Crippen LogP contribution in [0, 0.1) is 5.82 Å². The van der Waals surface area contributed by atoms with Crippen molar-refractivity contribution in [1.29, 1.82) is 0 Å². The molecule has 0 bridgehead atoms. The summed E-state index contributed by atoms with van der Waals surface area (Å²) in [5.41, 5.74) is 5.46. The van der Waals surface area contributed by atoms with Crippen LogP contribution in [0.3, 0.4) is 0 Å². The highest BCUT2D eigenvalue weighted by atomic mass is 19.1. The van der Waals surface area contributed by atoms with Crippen molar-refractivity contribution in [1.82, 2.24) is 0 Å². The van der Waals surface area contributed by atoms with E-state index in [4.69, 9.17) is 10.8 Å². The number of carboxylic acids is 1. The van der Waals surface area contributed by atoms with E-state index in [1.54, 1.807) is 6.07 Å². The molecule has 3 N–H and O–H groups in total. The van der Waals surface area contributed by atoms with Gasteiger partial charge in [-0.15, -0.1) is 0 Å². The third-order valence-corrected chi connectivity index (χ3v) is 2.13. The van der Waals surface area contributed by atoms with Crippen molar-refractivity contribution >= 4 is 11.9 Å². The van der Waals surface area contributed by atoms with Crippen molar-refractivity contribution in [3.63, 3.8) is 0 Å². The molecule has 1 aromatic rings. The summed E-state index contributed by atoms with van der Waals surface area (Å²) in [5.74, 6) is -2.14. The maximum atomic E-state index is 13.7. The highest BCUT2D eigenvalue weighted by Gasteiger charge is 2.10. The van der Waals surface area contributed by atoms with Crippen LogP contribution in [-0.2, 0) is 22.4 Å². The van der Waals surface area contributed by atoms with Crippen molar-refractivity contribution in [2.45, 2.75) is 19.3 Å².